The molecule has 112 valence electrons. The van der Waals surface area contributed by atoms with Crippen molar-refractivity contribution in [2.24, 2.45) is 5.92 Å². The Kier molecular flexibility index (Phi) is 2.96. The molecule has 1 atom stereocenters. The van der Waals surface area contributed by atoms with E-state index < -0.39 is 0 Å². The van der Waals surface area contributed by atoms with E-state index in [2.05, 4.69) is 22.3 Å². The SMILES string of the molecule is COc1ccc(C2NC3(CC3)C(=O)N2CC2CCC2)cc1. The molecule has 1 spiro atoms. The Bertz CT molecular complexity index is 546. The van der Waals surface area contributed by atoms with E-state index in [1.165, 1.54) is 19.3 Å². The fourth-order valence-electron chi connectivity index (χ4n) is 3.47. The van der Waals surface area contributed by atoms with Gasteiger partial charge in [-0.15, -0.1) is 0 Å². The number of hydrogen-bond donors (Lipinski definition) is 1. The van der Waals surface area contributed by atoms with E-state index in [1.807, 2.05) is 12.1 Å². The third-order valence-corrected chi connectivity index (χ3v) is 5.26. The smallest absolute Gasteiger partial charge is 0.244 e. The van der Waals surface area contributed by atoms with Crippen LogP contribution in [-0.4, -0.2) is 30.0 Å². The van der Waals surface area contributed by atoms with Gasteiger partial charge in [-0.2, -0.15) is 0 Å². The number of ether oxygens (including phenoxy) is 1. The van der Waals surface area contributed by atoms with E-state index in [4.69, 9.17) is 4.74 Å². The summed E-state index contributed by atoms with van der Waals surface area (Å²) in [5.74, 6) is 1.87. The van der Waals surface area contributed by atoms with Crippen LogP contribution in [0.15, 0.2) is 24.3 Å². The van der Waals surface area contributed by atoms with Gasteiger partial charge in [-0.1, -0.05) is 18.6 Å². The van der Waals surface area contributed by atoms with Gasteiger partial charge in [-0.25, -0.2) is 0 Å². The lowest BCUT2D eigenvalue weighted by atomic mass is 9.85. The summed E-state index contributed by atoms with van der Waals surface area (Å²) < 4.78 is 5.22. The molecule has 4 rings (SSSR count). The highest BCUT2D eigenvalue weighted by atomic mass is 16.5. The molecule has 21 heavy (non-hydrogen) atoms. The molecule has 0 aromatic heterocycles. The average molecular weight is 286 g/mol. The van der Waals surface area contributed by atoms with E-state index in [9.17, 15) is 4.79 Å². The molecule has 1 aromatic carbocycles. The maximum atomic E-state index is 12.7. The van der Waals surface area contributed by atoms with E-state index in [0.717, 1.165) is 30.7 Å². The van der Waals surface area contributed by atoms with Gasteiger partial charge in [0.2, 0.25) is 5.91 Å². The largest absolute Gasteiger partial charge is 0.497 e. The summed E-state index contributed by atoms with van der Waals surface area (Å²) in [7, 11) is 1.68. The minimum atomic E-state index is -0.242. The molecule has 4 nitrogen and oxygen atoms in total. The van der Waals surface area contributed by atoms with Gasteiger partial charge in [-0.3, -0.25) is 10.1 Å². The Hall–Kier alpha value is -1.55. The third kappa shape index (κ3) is 2.13. The van der Waals surface area contributed by atoms with Crippen molar-refractivity contribution < 1.29 is 9.53 Å². The predicted molar refractivity (Wildman–Crippen MR) is 79.9 cm³/mol. The molecule has 1 saturated heterocycles. The van der Waals surface area contributed by atoms with Gasteiger partial charge in [0.05, 0.1) is 7.11 Å². The van der Waals surface area contributed by atoms with Gasteiger partial charge in [-0.05, 0) is 49.3 Å². The van der Waals surface area contributed by atoms with Crippen molar-refractivity contribution in [3.63, 3.8) is 0 Å². The van der Waals surface area contributed by atoms with Crippen LogP contribution in [0, 0.1) is 5.92 Å². The highest BCUT2D eigenvalue weighted by molar-refractivity contribution is 5.92. The standard InChI is InChI=1S/C17H22N2O2/c1-21-14-7-5-13(6-8-14)15-18-17(9-10-17)16(20)19(15)11-12-3-2-4-12/h5-8,12,15,18H,2-4,9-11H2,1H3. The molecule has 1 amide bonds. The molecule has 1 aliphatic heterocycles. The molecule has 1 unspecified atom stereocenters. The Balaban J connectivity index is 1.59. The molecular formula is C17H22N2O2. The number of carbonyl (C=O) groups is 1. The van der Waals surface area contributed by atoms with Crippen LogP contribution >= 0.6 is 0 Å². The van der Waals surface area contributed by atoms with Crippen LogP contribution in [0.2, 0.25) is 0 Å². The first kappa shape index (κ1) is 13.1. The summed E-state index contributed by atoms with van der Waals surface area (Å²) in [5, 5.41) is 3.58. The first-order valence-corrected chi connectivity index (χ1v) is 7.95. The molecule has 3 fully saturated rings. The van der Waals surface area contributed by atoms with Crippen molar-refractivity contribution >= 4 is 5.91 Å². The lowest BCUT2D eigenvalue weighted by Crippen LogP contribution is -2.37. The Morgan fingerprint density at radius 1 is 1.29 bits per heavy atom. The zero-order valence-electron chi connectivity index (χ0n) is 12.5. The molecule has 3 aliphatic rings. The van der Waals surface area contributed by atoms with Crippen LogP contribution < -0.4 is 10.1 Å². The summed E-state index contributed by atoms with van der Waals surface area (Å²) in [4.78, 5) is 14.8. The van der Waals surface area contributed by atoms with Crippen molar-refractivity contribution in [2.45, 2.75) is 43.8 Å². The highest BCUT2D eigenvalue weighted by Gasteiger charge is 2.59. The van der Waals surface area contributed by atoms with Crippen molar-refractivity contribution in [2.75, 3.05) is 13.7 Å². The number of hydrogen-bond acceptors (Lipinski definition) is 3. The summed E-state index contributed by atoms with van der Waals surface area (Å²) in [6.07, 6.45) is 5.86. The lowest BCUT2D eigenvalue weighted by molar-refractivity contribution is -0.131. The molecule has 0 bridgehead atoms. The van der Waals surface area contributed by atoms with Crippen LogP contribution in [0.1, 0.15) is 43.8 Å². The second-order valence-electron chi connectivity index (χ2n) is 6.66. The predicted octanol–water partition coefficient (Wildman–Crippen LogP) is 2.46. The topological polar surface area (TPSA) is 41.6 Å². The fraction of sp³-hybridized carbons (Fsp3) is 0.588. The van der Waals surface area contributed by atoms with E-state index in [-0.39, 0.29) is 11.7 Å². The molecule has 1 heterocycles. The van der Waals surface area contributed by atoms with Crippen molar-refractivity contribution in [3.8, 4) is 5.75 Å². The lowest BCUT2D eigenvalue weighted by Gasteiger charge is -2.33. The van der Waals surface area contributed by atoms with Crippen molar-refractivity contribution in [1.29, 1.82) is 0 Å². The van der Waals surface area contributed by atoms with Crippen LogP contribution in [0.3, 0.4) is 0 Å². The van der Waals surface area contributed by atoms with Gasteiger partial charge < -0.3 is 9.64 Å². The van der Waals surface area contributed by atoms with E-state index in [1.54, 1.807) is 7.11 Å². The summed E-state index contributed by atoms with van der Waals surface area (Å²) in [6, 6.07) is 8.08. The van der Waals surface area contributed by atoms with Gasteiger partial charge in [0.15, 0.2) is 0 Å². The molecule has 0 radical (unpaired) electrons. The Labute approximate surface area is 125 Å². The first-order valence-electron chi connectivity index (χ1n) is 7.95. The Morgan fingerprint density at radius 2 is 2.00 bits per heavy atom. The fourth-order valence-corrected chi connectivity index (χ4v) is 3.47. The number of rotatable bonds is 4. The van der Waals surface area contributed by atoms with Crippen LogP contribution in [-0.2, 0) is 4.79 Å². The maximum absolute atomic E-state index is 12.7. The zero-order valence-corrected chi connectivity index (χ0v) is 12.5. The van der Waals surface area contributed by atoms with E-state index in [0.29, 0.717) is 11.8 Å². The average Bonchev–Trinajstić information content (AvgIpc) is 3.19. The van der Waals surface area contributed by atoms with Crippen LogP contribution in [0.5, 0.6) is 5.75 Å². The number of carbonyl (C=O) groups excluding carboxylic acids is 1. The van der Waals surface area contributed by atoms with Gasteiger partial charge in [0.1, 0.15) is 17.5 Å². The number of methoxy groups -OCH3 is 1. The van der Waals surface area contributed by atoms with Gasteiger partial charge in [0, 0.05) is 6.54 Å². The van der Waals surface area contributed by atoms with Gasteiger partial charge in [0.25, 0.3) is 0 Å². The molecule has 4 heteroatoms. The van der Waals surface area contributed by atoms with E-state index >= 15 is 0 Å². The minimum absolute atomic E-state index is 0.0338. The van der Waals surface area contributed by atoms with Crippen molar-refractivity contribution in [1.82, 2.24) is 10.2 Å². The van der Waals surface area contributed by atoms with Crippen LogP contribution in [0.4, 0.5) is 0 Å². The molecule has 1 aromatic rings. The summed E-state index contributed by atoms with van der Waals surface area (Å²) in [6.45, 7) is 0.907. The normalized spacial score (nSPS) is 27.0. The van der Waals surface area contributed by atoms with Crippen LogP contribution in [0.25, 0.3) is 0 Å². The molecular weight excluding hydrogens is 264 g/mol. The summed E-state index contributed by atoms with van der Waals surface area (Å²) >= 11 is 0. The zero-order chi connectivity index (χ0) is 14.4. The number of nitrogens with one attached hydrogen (secondary N) is 1. The number of benzene rings is 1. The maximum Gasteiger partial charge on any atom is 0.244 e. The number of amides is 1. The summed E-state index contributed by atoms with van der Waals surface area (Å²) in [5.41, 5.74) is 0.918. The highest BCUT2D eigenvalue weighted by Crippen LogP contribution is 2.47. The monoisotopic (exact) mass is 286 g/mol. The number of nitrogens with zero attached hydrogens (tertiary/aromatic N) is 1. The first-order chi connectivity index (χ1) is 10.2. The quantitative estimate of drug-likeness (QED) is 0.924. The second-order valence-corrected chi connectivity index (χ2v) is 6.66. The Morgan fingerprint density at radius 3 is 2.52 bits per heavy atom. The molecule has 1 N–H and O–H groups in total. The minimum Gasteiger partial charge on any atom is -0.497 e. The third-order valence-electron chi connectivity index (χ3n) is 5.26. The molecule has 2 aliphatic carbocycles. The second kappa shape index (κ2) is 4.73. The molecule has 2 saturated carbocycles. The van der Waals surface area contributed by atoms with Gasteiger partial charge >= 0.3 is 0 Å². The van der Waals surface area contributed by atoms with Crippen molar-refractivity contribution in [3.05, 3.63) is 29.8 Å².